The molecule has 2 atom stereocenters. The lowest BCUT2D eigenvalue weighted by Gasteiger charge is -2.28. The molecule has 4 heteroatoms. The third-order valence-corrected chi connectivity index (χ3v) is 4.02. The summed E-state index contributed by atoms with van der Waals surface area (Å²) < 4.78 is 12.1. The van der Waals surface area contributed by atoms with E-state index in [2.05, 4.69) is 22.0 Å². The molecule has 2 unspecified atom stereocenters. The molecule has 0 amide bonds. The Hall–Kier alpha value is -1.26. The fourth-order valence-corrected chi connectivity index (χ4v) is 2.81. The van der Waals surface area contributed by atoms with Crippen molar-refractivity contribution in [1.29, 1.82) is 0 Å². The molecule has 2 heterocycles. The van der Waals surface area contributed by atoms with Crippen LogP contribution in [0.3, 0.4) is 0 Å². The van der Waals surface area contributed by atoms with E-state index in [4.69, 9.17) is 14.9 Å². The van der Waals surface area contributed by atoms with Gasteiger partial charge in [0.15, 0.2) is 0 Å². The molecule has 18 heavy (non-hydrogen) atoms. The Morgan fingerprint density at radius 3 is 2.89 bits per heavy atom. The van der Waals surface area contributed by atoms with Gasteiger partial charge in [-0.05, 0) is 40.0 Å². The summed E-state index contributed by atoms with van der Waals surface area (Å²) in [4.78, 5) is 0. The van der Waals surface area contributed by atoms with Gasteiger partial charge in [-0.15, -0.1) is 0 Å². The van der Waals surface area contributed by atoms with Crippen molar-refractivity contribution >= 4 is 15.9 Å². The van der Waals surface area contributed by atoms with Crippen LogP contribution in [0.1, 0.15) is 17.4 Å². The molecule has 2 aromatic rings. The molecule has 0 radical (unpaired) electrons. The number of fused-ring (bicyclic) bond motifs is 1. The van der Waals surface area contributed by atoms with E-state index in [1.165, 1.54) is 5.56 Å². The van der Waals surface area contributed by atoms with Crippen LogP contribution in [0.15, 0.2) is 45.5 Å². The minimum Gasteiger partial charge on any atom is -0.493 e. The van der Waals surface area contributed by atoms with Crippen LogP contribution in [0.4, 0.5) is 0 Å². The molecule has 0 bridgehead atoms. The first-order valence-electron chi connectivity index (χ1n) is 5.95. The van der Waals surface area contributed by atoms with Gasteiger partial charge in [-0.25, -0.2) is 0 Å². The number of ether oxygens (including phenoxy) is 1. The summed E-state index contributed by atoms with van der Waals surface area (Å²) in [5.41, 5.74) is 7.48. The Kier molecular flexibility index (Phi) is 3.14. The van der Waals surface area contributed by atoms with Crippen LogP contribution in [-0.4, -0.2) is 6.61 Å². The minimum atomic E-state index is -0.150. The van der Waals surface area contributed by atoms with Crippen LogP contribution >= 0.6 is 15.9 Å². The van der Waals surface area contributed by atoms with Crippen LogP contribution in [0.2, 0.25) is 0 Å². The lowest BCUT2D eigenvalue weighted by Crippen LogP contribution is -2.31. The highest BCUT2D eigenvalue weighted by Gasteiger charge is 2.28. The monoisotopic (exact) mass is 307 g/mol. The van der Waals surface area contributed by atoms with Gasteiger partial charge in [-0.3, -0.25) is 0 Å². The summed E-state index contributed by atoms with van der Waals surface area (Å²) in [5, 5.41) is 0. The zero-order valence-electron chi connectivity index (χ0n) is 9.80. The smallest absolute Gasteiger partial charge is 0.135 e. The summed E-state index contributed by atoms with van der Waals surface area (Å²) in [6.45, 7) is 0.630. The van der Waals surface area contributed by atoms with Crippen molar-refractivity contribution in [2.45, 2.75) is 12.5 Å². The Labute approximate surface area is 114 Å². The topological polar surface area (TPSA) is 48.4 Å². The first-order valence-corrected chi connectivity index (χ1v) is 6.74. The number of para-hydroxylation sites is 1. The zero-order chi connectivity index (χ0) is 12.5. The standard InChI is InChI=1S/C14H14BrNO2/c15-11-5-6-17-14(11)13(16)10-7-9-3-1-2-4-12(9)18-8-10/h1-6,10,13H,7-8,16H2. The molecule has 1 aromatic heterocycles. The summed E-state index contributed by atoms with van der Waals surface area (Å²) in [6, 6.07) is 9.82. The molecular formula is C14H14BrNO2. The SMILES string of the molecule is NC(c1occc1Br)C1COc2ccccc2C1. The molecule has 0 saturated heterocycles. The second kappa shape index (κ2) is 4.78. The van der Waals surface area contributed by atoms with Gasteiger partial charge in [0.25, 0.3) is 0 Å². The van der Waals surface area contributed by atoms with Crippen LogP contribution in [0.25, 0.3) is 0 Å². The predicted molar refractivity (Wildman–Crippen MR) is 72.5 cm³/mol. The van der Waals surface area contributed by atoms with Gasteiger partial charge < -0.3 is 14.9 Å². The lowest BCUT2D eigenvalue weighted by molar-refractivity contribution is 0.190. The van der Waals surface area contributed by atoms with Crippen molar-refractivity contribution in [2.24, 2.45) is 11.7 Å². The number of hydrogen-bond donors (Lipinski definition) is 1. The molecule has 0 spiro atoms. The number of rotatable bonds is 2. The van der Waals surface area contributed by atoms with Gasteiger partial charge in [-0.1, -0.05) is 18.2 Å². The second-order valence-electron chi connectivity index (χ2n) is 4.54. The molecule has 3 rings (SSSR count). The Balaban J connectivity index is 1.82. The van der Waals surface area contributed by atoms with Crippen molar-refractivity contribution < 1.29 is 9.15 Å². The molecule has 1 aliphatic rings. The van der Waals surface area contributed by atoms with Crippen molar-refractivity contribution in [1.82, 2.24) is 0 Å². The molecule has 0 fully saturated rings. The molecule has 2 N–H and O–H groups in total. The first-order chi connectivity index (χ1) is 8.75. The Morgan fingerprint density at radius 2 is 2.11 bits per heavy atom. The number of furan rings is 1. The Morgan fingerprint density at radius 1 is 1.28 bits per heavy atom. The lowest BCUT2D eigenvalue weighted by atomic mass is 9.90. The normalized spacial score (nSPS) is 20.0. The Bertz CT molecular complexity index is 552. The number of halogens is 1. The van der Waals surface area contributed by atoms with Gasteiger partial charge >= 0.3 is 0 Å². The third kappa shape index (κ3) is 2.06. The van der Waals surface area contributed by atoms with E-state index in [-0.39, 0.29) is 12.0 Å². The largest absolute Gasteiger partial charge is 0.493 e. The average Bonchev–Trinajstić information content (AvgIpc) is 2.83. The van der Waals surface area contributed by atoms with Crippen LogP contribution in [0, 0.1) is 5.92 Å². The van der Waals surface area contributed by atoms with Gasteiger partial charge in [0.1, 0.15) is 11.5 Å². The summed E-state index contributed by atoms with van der Waals surface area (Å²) in [5.74, 6) is 2.00. The van der Waals surface area contributed by atoms with E-state index >= 15 is 0 Å². The maximum atomic E-state index is 6.27. The van der Waals surface area contributed by atoms with E-state index in [1.807, 2.05) is 24.3 Å². The fraction of sp³-hybridized carbons (Fsp3) is 0.286. The molecule has 3 nitrogen and oxygen atoms in total. The molecule has 0 saturated carbocycles. The molecule has 1 aromatic carbocycles. The first kappa shape index (κ1) is 11.8. The summed E-state index contributed by atoms with van der Waals surface area (Å²) in [7, 11) is 0. The minimum absolute atomic E-state index is 0.150. The van der Waals surface area contributed by atoms with Crippen LogP contribution < -0.4 is 10.5 Å². The van der Waals surface area contributed by atoms with Gasteiger partial charge in [0.2, 0.25) is 0 Å². The van der Waals surface area contributed by atoms with E-state index in [0.717, 1.165) is 22.4 Å². The third-order valence-electron chi connectivity index (χ3n) is 3.36. The maximum absolute atomic E-state index is 6.27. The summed E-state index contributed by atoms with van der Waals surface area (Å²) in [6.07, 6.45) is 2.57. The quantitative estimate of drug-likeness (QED) is 0.926. The van der Waals surface area contributed by atoms with E-state index in [0.29, 0.717) is 6.61 Å². The highest BCUT2D eigenvalue weighted by atomic mass is 79.9. The summed E-state index contributed by atoms with van der Waals surface area (Å²) >= 11 is 3.45. The highest BCUT2D eigenvalue weighted by molar-refractivity contribution is 9.10. The number of nitrogens with two attached hydrogens (primary N) is 1. The zero-order valence-corrected chi connectivity index (χ0v) is 11.4. The van der Waals surface area contributed by atoms with Crippen LogP contribution in [-0.2, 0) is 6.42 Å². The predicted octanol–water partition coefficient (Wildman–Crippen LogP) is 3.29. The van der Waals surface area contributed by atoms with Crippen LogP contribution in [0.5, 0.6) is 5.75 Å². The van der Waals surface area contributed by atoms with Gasteiger partial charge in [-0.2, -0.15) is 0 Å². The van der Waals surface area contributed by atoms with E-state index in [1.54, 1.807) is 6.26 Å². The fourth-order valence-electron chi connectivity index (χ4n) is 2.34. The average molecular weight is 308 g/mol. The van der Waals surface area contributed by atoms with Gasteiger partial charge in [0.05, 0.1) is 23.4 Å². The van der Waals surface area contributed by atoms with Crippen molar-refractivity contribution in [2.75, 3.05) is 6.61 Å². The van der Waals surface area contributed by atoms with Gasteiger partial charge in [0, 0.05) is 5.92 Å². The van der Waals surface area contributed by atoms with E-state index < -0.39 is 0 Å². The maximum Gasteiger partial charge on any atom is 0.135 e. The molecule has 0 aliphatic carbocycles. The van der Waals surface area contributed by atoms with Crippen molar-refractivity contribution in [3.05, 3.63) is 52.4 Å². The molecule has 1 aliphatic heterocycles. The van der Waals surface area contributed by atoms with Crippen molar-refractivity contribution in [3.63, 3.8) is 0 Å². The number of hydrogen-bond acceptors (Lipinski definition) is 3. The molecular weight excluding hydrogens is 294 g/mol. The number of benzene rings is 1. The molecule has 94 valence electrons. The highest BCUT2D eigenvalue weighted by Crippen LogP contribution is 2.34. The van der Waals surface area contributed by atoms with E-state index in [9.17, 15) is 0 Å². The van der Waals surface area contributed by atoms with Crippen molar-refractivity contribution in [3.8, 4) is 5.75 Å². The second-order valence-corrected chi connectivity index (χ2v) is 5.40.